The maximum absolute atomic E-state index is 3.30. The molecule has 0 radical (unpaired) electrons. The number of nitrogens with one attached hydrogen (secondary N) is 1. The van der Waals surface area contributed by atoms with Crippen molar-refractivity contribution in [2.45, 2.75) is 48.8 Å². The number of thioether (sulfide) groups is 1. The summed E-state index contributed by atoms with van der Waals surface area (Å²) in [6, 6.07) is 9.51. The van der Waals surface area contributed by atoms with Crippen LogP contribution in [0.4, 0.5) is 0 Å². The van der Waals surface area contributed by atoms with E-state index in [4.69, 9.17) is 0 Å². The van der Waals surface area contributed by atoms with Crippen molar-refractivity contribution >= 4 is 11.8 Å². The highest BCUT2D eigenvalue weighted by atomic mass is 32.2. The van der Waals surface area contributed by atoms with Crippen LogP contribution >= 0.6 is 11.8 Å². The largest absolute Gasteiger partial charge is 0.317 e. The lowest BCUT2D eigenvalue weighted by Gasteiger charge is -2.12. The first-order valence-corrected chi connectivity index (χ1v) is 7.09. The summed E-state index contributed by atoms with van der Waals surface area (Å²) < 4.78 is 0. The van der Waals surface area contributed by atoms with E-state index in [9.17, 15) is 0 Å². The predicted octanol–water partition coefficient (Wildman–Crippen LogP) is 3.48. The minimum Gasteiger partial charge on any atom is -0.317 e. The molecule has 1 aromatic carbocycles. The van der Waals surface area contributed by atoms with Crippen LogP contribution in [0.3, 0.4) is 0 Å². The number of rotatable bonds is 5. The third-order valence-electron chi connectivity index (χ3n) is 3.37. The van der Waals surface area contributed by atoms with Gasteiger partial charge in [0.05, 0.1) is 0 Å². The Hall–Kier alpha value is -0.470. The van der Waals surface area contributed by atoms with E-state index >= 15 is 0 Å². The van der Waals surface area contributed by atoms with E-state index in [2.05, 4.69) is 48.3 Å². The van der Waals surface area contributed by atoms with Crippen molar-refractivity contribution in [1.82, 2.24) is 5.32 Å². The summed E-state index contributed by atoms with van der Waals surface area (Å²) in [6.07, 6.45) is 5.26. The summed E-state index contributed by atoms with van der Waals surface area (Å²) in [7, 11) is 2.05. The van der Waals surface area contributed by atoms with Gasteiger partial charge in [0.15, 0.2) is 0 Å². The molecule has 1 N–H and O–H groups in total. The molecule has 1 aliphatic heterocycles. The van der Waals surface area contributed by atoms with Crippen LogP contribution < -0.4 is 5.32 Å². The molecule has 1 nitrogen and oxygen atoms in total. The van der Waals surface area contributed by atoms with Crippen LogP contribution in [0.2, 0.25) is 0 Å². The summed E-state index contributed by atoms with van der Waals surface area (Å²) in [5.74, 6) is 0. The van der Waals surface area contributed by atoms with Crippen LogP contribution in [0.1, 0.15) is 31.7 Å². The van der Waals surface area contributed by atoms with Crippen LogP contribution in [0.5, 0.6) is 0 Å². The Bertz CT molecular complexity index is 312. The third-order valence-corrected chi connectivity index (χ3v) is 4.76. The first-order valence-electron chi connectivity index (χ1n) is 6.21. The fraction of sp³-hybridized carbons (Fsp3) is 0.571. The van der Waals surface area contributed by atoms with Gasteiger partial charge in [-0.3, -0.25) is 0 Å². The van der Waals surface area contributed by atoms with E-state index in [1.54, 1.807) is 5.56 Å². The fourth-order valence-corrected chi connectivity index (χ4v) is 3.58. The second-order valence-electron chi connectivity index (χ2n) is 4.67. The molecule has 0 bridgehead atoms. The van der Waals surface area contributed by atoms with Crippen molar-refractivity contribution in [2.75, 3.05) is 7.05 Å². The highest BCUT2D eigenvalue weighted by molar-refractivity contribution is 8.00. The summed E-state index contributed by atoms with van der Waals surface area (Å²) in [6.45, 7) is 2.26. The highest BCUT2D eigenvalue weighted by Crippen LogP contribution is 2.38. The van der Waals surface area contributed by atoms with Crippen molar-refractivity contribution < 1.29 is 0 Å². The van der Waals surface area contributed by atoms with Gasteiger partial charge >= 0.3 is 0 Å². The zero-order chi connectivity index (χ0) is 11.4. The molecule has 88 valence electrons. The fourth-order valence-electron chi connectivity index (χ4n) is 2.21. The molecular formula is C14H21NS. The smallest absolute Gasteiger partial charge is 0.0135 e. The van der Waals surface area contributed by atoms with Gasteiger partial charge in [-0.05, 0) is 44.9 Å². The van der Waals surface area contributed by atoms with Gasteiger partial charge in [-0.25, -0.2) is 0 Å². The zero-order valence-corrected chi connectivity index (χ0v) is 11.0. The monoisotopic (exact) mass is 235 g/mol. The normalized spacial score (nSPS) is 20.8. The SMILES string of the molecule is CNC(C)CCCC1Cc2ccccc2S1. The van der Waals surface area contributed by atoms with Crippen molar-refractivity contribution in [2.24, 2.45) is 0 Å². The van der Waals surface area contributed by atoms with E-state index in [1.807, 2.05) is 7.05 Å². The third kappa shape index (κ3) is 3.02. The second kappa shape index (κ2) is 5.74. The van der Waals surface area contributed by atoms with Gasteiger partial charge in [-0.2, -0.15) is 0 Å². The molecule has 0 fully saturated rings. The molecule has 1 aromatic rings. The molecule has 0 spiro atoms. The zero-order valence-electron chi connectivity index (χ0n) is 10.2. The van der Waals surface area contributed by atoms with Crippen LogP contribution in [-0.2, 0) is 6.42 Å². The molecule has 0 aromatic heterocycles. The average Bonchev–Trinajstić information content (AvgIpc) is 2.71. The lowest BCUT2D eigenvalue weighted by atomic mass is 10.0. The Kier molecular flexibility index (Phi) is 4.30. The molecule has 0 aliphatic carbocycles. The molecule has 2 rings (SSSR count). The summed E-state index contributed by atoms with van der Waals surface area (Å²) >= 11 is 2.08. The van der Waals surface area contributed by atoms with Gasteiger partial charge in [0, 0.05) is 16.2 Å². The summed E-state index contributed by atoms with van der Waals surface area (Å²) in [5, 5.41) is 4.12. The van der Waals surface area contributed by atoms with Gasteiger partial charge in [0.2, 0.25) is 0 Å². The molecule has 2 unspecified atom stereocenters. The summed E-state index contributed by atoms with van der Waals surface area (Å²) in [5.41, 5.74) is 1.55. The first-order chi connectivity index (χ1) is 7.79. The van der Waals surface area contributed by atoms with Gasteiger partial charge in [-0.15, -0.1) is 11.8 Å². The van der Waals surface area contributed by atoms with E-state index < -0.39 is 0 Å². The molecule has 1 heterocycles. The Morgan fingerprint density at radius 3 is 3.00 bits per heavy atom. The molecule has 1 aliphatic rings. The molecule has 0 saturated heterocycles. The molecule has 0 amide bonds. The standard InChI is InChI=1S/C14H21NS/c1-11(15-2)6-5-8-13-10-12-7-3-4-9-14(12)16-13/h3-4,7,9,11,13,15H,5-6,8,10H2,1-2H3. The lowest BCUT2D eigenvalue weighted by Crippen LogP contribution is -2.21. The maximum Gasteiger partial charge on any atom is 0.0135 e. The van der Waals surface area contributed by atoms with E-state index in [-0.39, 0.29) is 0 Å². The second-order valence-corrected chi connectivity index (χ2v) is 6.01. The molecule has 2 atom stereocenters. The Morgan fingerprint density at radius 2 is 2.25 bits per heavy atom. The Balaban J connectivity index is 1.75. The van der Waals surface area contributed by atoms with Crippen molar-refractivity contribution in [1.29, 1.82) is 0 Å². The van der Waals surface area contributed by atoms with Crippen LogP contribution in [0.15, 0.2) is 29.2 Å². The maximum atomic E-state index is 3.30. The van der Waals surface area contributed by atoms with Gasteiger partial charge in [0.1, 0.15) is 0 Å². The van der Waals surface area contributed by atoms with E-state index in [0.29, 0.717) is 6.04 Å². The first kappa shape index (κ1) is 12.0. The summed E-state index contributed by atoms with van der Waals surface area (Å²) in [4.78, 5) is 1.51. The number of fused-ring (bicyclic) bond motifs is 1. The molecule has 2 heteroatoms. The average molecular weight is 235 g/mol. The predicted molar refractivity (Wildman–Crippen MR) is 72.2 cm³/mol. The highest BCUT2D eigenvalue weighted by Gasteiger charge is 2.21. The van der Waals surface area contributed by atoms with Crippen LogP contribution in [-0.4, -0.2) is 18.3 Å². The topological polar surface area (TPSA) is 12.0 Å². The van der Waals surface area contributed by atoms with Crippen molar-refractivity contribution in [3.63, 3.8) is 0 Å². The van der Waals surface area contributed by atoms with Gasteiger partial charge in [0.25, 0.3) is 0 Å². The van der Waals surface area contributed by atoms with Crippen LogP contribution in [0, 0.1) is 0 Å². The molecule has 0 saturated carbocycles. The minimum absolute atomic E-state index is 0.661. The Morgan fingerprint density at radius 1 is 1.44 bits per heavy atom. The quantitative estimate of drug-likeness (QED) is 0.838. The number of benzene rings is 1. The van der Waals surface area contributed by atoms with Crippen molar-refractivity contribution in [3.05, 3.63) is 29.8 Å². The van der Waals surface area contributed by atoms with E-state index in [1.165, 1.54) is 30.6 Å². The van der Waals surface area contributed by atoms with Gasteiger partial charge < -0.3 is 5.32 Å². The van der Waals surface area contributed by atoms with E-state index in [0.717, 1.165) is 5.25 Å². The lowest BCUT2D eigenvalue weighted by molar-refractivity contribution is 0.524. The minimum atomic E-state index is 0.661. The van der Waals surface area contributed by atoms with Crippen molar-refractivity contribution in [3.8, 4) is 0 Å². The van der Waals surface area contributed by atoms with Crippen LogP contribution in [0.25, 0.3) is 0 Å². The Labute approximate surface area is 103 Å². The molecular weight excluding hydrogens is 214 g/mol. The van der Waals surface area contributed by atoms with Gasteiger partial charge in [-0.1, -0.05) is 24.6 Å². The number of hydrogen-bond acceptors (Lipinski definition) is 2. The molecule has 16 heavy (non-hydrogen) atoms. The number of hydrogen-bond donors (Lipinski definition) is 1.